The Morgan fingerprint density at radius 1 is 1.45 bits per heavy atom. The topological polar surface area (TPSA) is 33.0 Å². The lowest BCUT2D eigenvalue weighted by Crippen LogP contribution is -2.01. The maximum atomic E-state index is 8.51. The van der Waals surface area contributed by atoms with E-state index in [1.54, 1.807) is 18.2 Å². The smallest absolute Gasteiger partial charge is 0.179 e. The van der Waals surface area contributed by atoms with Crippen molar-refractivity contribution in [1.82, 2.24) is 0 Å². The number of benzene rings is 1. The van der Waals surface area contributed by atoms with Crippen molar-refractivity contribution >= 4 is 29.6 Å². The van der Waals surface area contributed by atoms with Crippen molar-refractivity contribution in [2.75, 3.05) is 0 Å². The third-order valence-corrected chi connectivity index (χ3v) is 1.52. The van der Waals surface area contributed by atoms with Crippen molar-refractivity contribution in [2.24, 2.45) is 0 Å². The quantitative estimate of drug-likeness (QED) is 0.645. The fourth-order valence-electron chi connectivity index (χ4n) is 0.731. The molecule has 0 aliphatic heterocycles. The lowest BCUT2D eigenvalue weighted by molar-refractivity contribution is 0.679. The molecule has 0 unspecified atom stereocenters. The Morgan fingerprint density at radius 3 is 2.73 bits per heavy atom. The summed E-state index contributed by atoms with van der Waals surface area (Å²) in [5, 5.41) is 8.51. The van der Waals surface area contributed by atoms with Gasteiger partial charge in [-0.15, -0.1) is 0 Å². The Labute approximate surface area is 74.6 Å². The van der Waals surface area contributed by atoms with Gasteiger partial charge in [-0.2, -0.15) is 5.26 Å². The summed E-state index contributed by atoms with van der Waals surface area (Å²) in [4.78, 5) is 0. The number of nitriles is 1. The van der Waals surface area contributed by atoms with Crippen LogP contribution in [0.2, 0.25) is 0 Å². The van der Waals surface area contributed by atoms with Crippen LogP contribution in [-0.4, -0.2) is 7.85 Å². The maximum Gasteiger partial charge on any atom is 0.179 e. The van der Waals surface area contributed by atoms with Crippen LogP contribution in [0.5, 0.6) is 5.75 Å². The number of hydrogen-bond acceptors (Lipinski definition) is 2. The van der Waals surface area contributed by atoms with E-state index in [2.05, 4.69) is 16.3 Å². The molecule has 1 rings (SSSR count). The van der Waals surface area contributed by atoms with E-state index in [9.17, 15) is 0 Å². The summed E-state index contributed by atoms with van der Waals surface area (Å²) in [5.74, 6) is 0.529. The minimum atomic E-state index is 0.486. The van der Waals surface area contributed by atoms with Crippen molar-refractivity contribution in [3.63, 3.8) is 0 Å². The van der Waals surface area contributed by atoms with Gasteiger partial charge in [-0.05, 0) is 12.1 Å². The maximum absolute atomic E-state index is 8.51. The van der Waals surface area contributed by atoms with Gasteiger partial charge in [-0.25, -0.2) is 0 Å². The standard InChI is InChI=1S/C7H3BBrNO/c8-6-1-5(4-10)2-7(3-6)11-9/h1-3H. The molecule has 0 saturated heterocycles. The molecule has 1 aromatic rings. The van der Waals surface area contributed by atoms with Gasteiger partial charge in [0.25, 0.3) is 0 Å². The highest BCUT2D eigenvalue weighted by atomic mass is 79.9. The van der Waals surface area contributed by atoms with Crippen molar-refractivity contribution < 1.29 is 3.83 Å². The van der Waals surface area contributed by atoms with Gasteiger partial charge < -0.3 is 3.83 Å². The summed E-state index contributed by atoms with van der Waals surface area (Å²) in [5.41, 5.74) is 0.998. The second-order valence-corrected chi connectivity index (χ2v) is 2.30. The molecule has 52 valence electrons. The van der Waals surface area contributed by atoms with E-state index >= 15 is 0 Å². The Kier molecular flexibility index (Phi) is 2.56. The van der Waals surface area contributed by atoms with Crippen molar-refractivity contribution in [3.8, 4) is 11.8 Å². The number of halogens is 1. The van der Waals surface area contributed by atoms with Crippen LogP contribution in [0.3, 0.4) is 0 Å². The first-order valence-corrected chi connectivity index (χ1v) is 3.50. The van der Waals surface area contributed by atoms with Gasteiger partial charge in [0.2, 0.25) is 0 Å². The third-order valence-electron chi connectivity index (χ3n) is 1.15. The minimum absolute atomic E-state index is 0.486. The van der Waals surface area contributed by atoms with Gasteiger partial charge in [0.15, 0.2) is 16.3 Å². The van der Waals surface area contributed by atoms with E-state index in [1.165, 1.54) is 0 Å². The molecule has 0 saturated carbocycles. The molecule has 0 bridgehead atoms. The summed E-state index contributed by atoms with van der Waals surface area (Å²) >= 11 is 2.79. The Balaban J connectivity index is 3.15. The second-order valence-electron chi connectivity index (χ2n) is 1.98. The lowest BCUT2D eigenvalue weighted by atomic mass is 9.94. The molecule has 4 heteroatoms. The van der Waals surface area contributed by atoms with E-state index in [4.69, 9.17) is 16.9 Å². The molecule has 0 atom stereocenters. The van der Waals surface area contributed by atoms with Gasteiger partial charge in [0.1, 0.15) is 13.6 Å². The highest BCUT2D eigenvalue weighted by molar-refractivity contribution is 9.06. The molecule has 1 aromatic carbocycles. The molecule has 11 heavy (non-hydrogen) atoms. The molecule has 0 amide bonds. The molecule has 0 fully saturated rings. The molecular weight excluding hydrogens is 205 g/mol. The van der Waals surface area contributed by atoms with Gasteiger partial charge in [-0.3, -0.25) is 0 Å². The number of nitrogens with zero attached hydrogens (tertiary/aromatic N) is 1. The third kappa shape index (κ3) is 1.99. The van der Waals surface area contributed by atoms with E-state index in [-0.39, 0.29) is 0 Å². The predicted molar refractivity (Wildman–Crippen MR) is 46.1 cm³/mol. The molecule has 0 aliphatic rings. The first-order chi connectivity index (χ1) is 5.26. The average molecular weight is 208 g/mol. The minimum Gasteiger partial charge on any atom is -0.418 e. The lowest BCUT2D eigenvalue weighted by Gasteiger charge is -1.98. The van der Waals surface area contributed by atoms with Gasteiger partial charge in [0, 0.05) is 0 Å². The molecule has 0 heterocycles. The predicted octanol–water partition coefficient (Wildman–Crippen LogP) is 1.04. The molecule has 0 spiro atoms. The first-order valence-electron chi connectivity index (χ1n) is 2.85. The SMILES string of the molecule is [B]c1cc(C#N)cc(OBr)c1. The van der Waals surface area contributed by atoms with E-state index in [0.717, 1.165) is 0 Å². The zero-order chi connectivity index (χ0) is 8.27. The fraction of sp³-hybridized carbons (Fsp3) is 0. The van der Waals surface area contributed by atoms with E-state index in [0.29, 0.717) is 16.8 Å². The normalized spacial score (nSPS) is 8.73. The van der Waals surface area contributed by atoms with Crippen LogP contribution >= 0.6 is 16.3 Å². The van der Waals surface area contributed by atoms with Crippen LogP contribution < -0.4 is 9.29 Å². The van der Waals surface area contributed by atoms with Crippen molar-refractivity contribution in [2.45, 2.75) is 0 Å². The van der Waals surface area contributed by atoms with Crippen molar-refractivity contribution in [1.29, 1.82) is 5.26 Å². The second kappa shape index (κ2) is 3.45. The van der Waals surface area contributed by atoms with Crippen LogP contribution in [0, 0.1) is 11.3 Å². The number of hydrogen-bond donors (Lipinski definition) is 0. The zero-order valence-corrected chi connectivity index (χ0v) is 7.13. The summed E-state index contributed by atoms with van der Waals surface area (Å²) in [7, 11) is 5.46. The summed E-state index contributed by atoms with van der Waals surface area (Å²) in [6.07, 6.45) is 0. The first kappa shape index (κ1) is 8.15. The van der Waals surface area contributed by atoms with Gasteiger partial charge >= 0.3 is 0 Å². The highest BCUT2D eigenvalue weighted by Crippen LogP contribution is 2.12. The number of rotatable bonds is 1. The zero-order valence-electron chi connectivity index (χ0n) is 5.54. The molecular formula is C7H3BBrNO. The molecule has 0 N–H and O–H groups in total. The van der Waals surface area contributed by atoms with Crippen LogP contribution in [0.1, 0.15) is 5.56 Å². The summed E-state index contributed by atoms with van der Waals surface area (Å²) < 4.78 is 4.72. The van der Waals surface area contributed by atoms with Gasteiger partial charge in [0.05, 0.1) is 11.6 Å². The largest absolute Gasteiger partial charge is 0.418 e. The Hall–Kier alpha value is -0.945. The molecule has 0 aromatic heterocycles. The highest BCUT2D eigenvalue weighted by Gasteiger charge is 1.96. The molecule has 0 aliphatic carbocycles. The van der Waals surface area contributed by atoms with E-state index in [1.807, 2.05) is 6.07 Å². The van der Waals surface area contributed by atoms with Gasteiger partial charge in [-0.1, -0.05) is 11.5 Å². The Bertz CT molecular complexity index is 308. The van der Waals surface area contributed by atoms with Crippen LogP contribution in [0.25, 0.3) is 0 Å². The van der Waals surface area contributed by atoms with Crippen LogP contribution in [-0.2, 0) is 0 Å². The van der Waals surface area contributed by atoms with Crippen LogP contribution in [0.15, 0.2) is 18.2 Å². The van der Waals surface area contributed by atoms with Crippen molar-refractivity contribution in [3.05, 3.63) is 23.8 Å². The van der Waals surface area contributed by atoms with Crippen LogP contribution in [0.4, 0.5) is 0 Å². The molecule has 2 nitrogen and oxygen atoms in total. The Morgan fingerprint density at radius 2 is 2.18 bits per heavy atom. The fourth-order valence-corrected chi connectivity index (χ4v) is 0.918. The summed E-state index contributed by atoms with van der Waals surface area (Å²) in [6.45, 7) is 0. The monoisotopic (exact) mass is 207 g/mol. The average Bonchev–Trinajstić information content (AvgIpc) is 2.03. The molecule has 2 radical (unpaired) electrons. The summed E-state index contributed by atoms with van der Waals surface area (Å²) in [6, 6.07) is 6.75. The van der Waals surface area contributed by atoms with E-state index < -0.39 is 0 Å².